The van der Waals surface area contributed by atoms with Gasteiger partial charge in [-0.1, -0.05) is 66.4 Å². The molecule has 1 nitrogen and oxygen atoms in total. The SMILES string of the molecule is C#CCC/C(=C(/c1ccc(C)cc1)c1ccc(N)cc1C)c1ccc(SC=C)c(C)c1. The first-order valence-corrected chi connectivity index (χ1v) is 11.3. The van der Waals surface area contributed by atoms with E-state index >= 15 is 0 Å². The molecule has 0 saturated carbocycles. The lowest BCUT2D eigenvalue weighted by molar-refractivity contribution is 1.10. The van der Waals surface area contributed by atoms with E-state index in [-0.39, 0.29) is 0 Å². The Kier molecular flexibility index (Phi) is 7.45. The van der Waals surface area contributed by atoms with Crippen LogP contribution in [0.15, 0.2) is 77.5 Å². The maximum absolute atomic E-state index is 6.07. The van der Waals surface area contributed by atoms with Gasteiger partial charge in [-0.2, -0.15) is 0 Å². The second-order valence-corrected chi connectivity index (χ2v) is 8.77. The summed E-state index contributed by atoms with van der Waals surface area (Å²) >= 11 is 1.65. The minimum absolute atomic E-state index is 0.681. The number of nitrogens with two attached hydrogens (primary N) is 1. The van der Waals surface area contributed by atoms with E-state index in [1.165, 1.54) is 43.9 Å². The van der Waals surface area contributed by atoms with Crippen LogP contribution >= 0.6 is 11.8 Å². The molecule has 0 bridgehead atoms. The molecule has 31 heavy (non-hydrogen) atoms. The average Bonchev–Trinajstić information content (AvgIpc) is 2.74. The number of allylic oxidation sites excluding steroid dienone is 1. The minimum Gasteiger partial charge on any atom is -0.399 e. The van der Waals surface area contributed by atoms with Gasteiger partial charge >= 0.3 is 0 Å². The Morgan fingerprint density at radius 1 is 0.968 bits per heavy atom. The zero-order valence-corrected chi connectivity index (χ0v) is 19.4. The third-order valence-corrected chi connectivity index (χ3v) is 6.29. The summed E-state index contributed by atoms with van der Waals surface area (Å²) in [6, 6.07) is 21.5. The lowest BCUT2D eigenvalue weighted by atomic mass is 9.85. The van der Waals surface area contributed by atoms with Crippen LogP contribution in [0.1, 0.15) is 46.2 Å². The van der Waals surface area contributed by atoms with Crippen molar-refractivity contribution in [1.82, 2.24) is 0 Å². The molecule has 0 aliphatic heterocycles. The predicted molar refractivity (Wildman–Crippen MR) is 138 cm³/mol. The molecule has 0 heterocycles. The van der Waals surface area contributed by atoms with E-state index in [0.29, 0.717) is 6.42 Å². The highest BCUT2D eigenvalue weighted by Gasteiger charge is 2.16. The Balaban J connectivity index is 2.33. The van der Waals surface area contributed by atoms with Crippen molar-refractivity contribution in [3.05, 3.63) is 106 Å². The molecule has 3 rings (SSSR count). The standard InChI is InChI=1S/C29H29NS/c1-6-8-9-27(24-14-17-28(31-7-2)22(5)18-24)29(23-12-10-20(3)11-13-23)26-16-15-25(30)19-21(26)4/h1,7,10-19H,2,8-9,30H2,3-5H3/b29-27+. The quantitative estimate of drug-likeness (QED) is 0.181. The van der Waals surface area contributed by atoms with Crippen LogP contribution in [0.5, 0.6) is 0 Å². The summed E-state index contributed by atoms with van der Waals surface area (Å²) in [6.45, 7) is 10.2. The number of rotatable bonds is 7. The molecule has 0 atom stereocenters. The van der Waals surface area contributed by atoms with Gasteiger partial charge in [0.25, 0.3) is 0 Å². The van der Waals surface area contributed by atoms with E-state index < -0.39 is 0 Å². The molecule has 0 radical (unpaired) electrons. The van der Waals surface area contributed by atoms with E-state index in [2.05, 4.69) is 81.8 Å². The summed E-state index contributed by atoms with van der Waals surface area (Å²) in [5.41, 5.74) is 16.5. The number of nitrogen functional groups attached to an aromatic ring is 1. The van der Waals surface area contributed by atoms with Crippen LogP contribution in [0, 0.1) is 33.1 Å². The minimum atomic E-state index is 0.681. The fourth-order valence-corrected chi connectivity index (χ4v) is 4.42. The van der Waals surface area contributed by atoms with Gasteiger partial charge in [0.15, 0.2) is 0 Å². The highest BCUT2D eigenvalue weighted by molar-refractivity contribution is 8.02. The molecule has 0 aromatic heterocycles. The van der Waals surface area contributed by atoms with Crippen molar-refractivity contribution in [1.29, 1.82) is 0 Å². The Bertz CT molecular complexity index is 1160. The Hall–Kier alpha value is -3.15. The van der Waals surface area contributed by atoms with Crippen molar-refractivity contribution in [3.8, 4) is 12.3 Å². The number of hydrogen-bond donors (Lipinski definition) is 1. The highest BCUT2D eigenvalue weighted by atomic mass is 32.2. The zero-order valence-electron chi connectivity index (χ0n) is 18.5. The number of aryl methyl sites for hydroxylation is 3. The monoisotopic (exact) mass is 423 g/mol. The van der Waals surface area contributed by atoms with Gasteiger partial charge in [0.2, 0.25) is 0 Å². The van der Waals surface area contributed by atoms with Crippen molar-refractivity contribution in [3.63, 3.8) is 0 Å². The lowest BCUT2D eigenvalue weighted by Crippen LogP contribution is -2.00. The largest absolute Gasteiger partial charge is 0.399 e. The molecule has 0 aliphatic rings. The summed E-state index contributed by atoms with van der Waals surface area (Å²) in [5, 5.41) is 1.87. The molecule has 0 spiro atoms. The number of thioether (sulfide) groups is 1. The van der Waals surface area contributed by atoms with E-state index in [9.17, 15) is 0 Å². The number of benzene rings is 3. The van der Waals surface area contributed by atoms with Crippen molar-refractivity contribution in [2.45, 2.75) is 38.5 Å². The van der Waals surface area contributed by atoms with E-state index in [4.69, 9.17) is 12.2 Å². The molecule has 0 unspecified atom stereocenters. The lowest BCUT2D eigenvalue weighted by Gasteiger charge is -2.20. The number of terminal acetylenes is 1. The maximum atomic E-state index is 6.07. The summed E-state index contributed by atoms with van der Waals surface area (Å²) in [6.07, 6.45) is 7.18. The predicted octanol–water partition coefficient (Wildman–Crippen LogP) is 7.80. The second-order valence-electron chi connectivity index (χ2n) is 7.76. The van der Waals surface area contributed by atoms with Gasteiger partial charge in [0, 0.05) is 17.0 Å². The first-order valence-electron chi connectivity index (χ1n) is 10.4. The summed E-state index contributed by atoms with van der Waals surface area (Å²) < 4.78 is 0. The normalized spacial score (nSPS) is 11.5. The van der Waals surface area contributed by atoms with Crippen molar-refractivity contribution < 1.29 is 0 Å². The van der Waals surface area contributed by atoms with Gasteiger partial charge < -0.3 is 5.73 Å². The molecular formula is C29H29NS. The van der Waals surface area contributed by atoms with Crippen LogP contribution < -0.4 is 5.73 Å². The van der Waals surface area contributed by atoms with Crippen molar-refractivity contribution in [2.24, 2.45) is 0 Å². The van der Waals surface area contributed by atoms with Crippen LogP contribution in [0.3, 0.4) is 0 Å². The van der Waals surface area contributed by atoms with Crippen molar-refractivity contribution in [2.75, 3.05) is 5.73 Å². The smallest absolute Gasteiger partial charge is 0.0317 e. The molecule has 2 N–H and O–H groups in total. The van der Waals surface area contributed by atoms with Crippen LogP contribution in [0.25, 0.3) is 11.1 Å². The maximum Gasteiger partial charge on any atom is 0.0317 e. The van der Waals surface area contributed by atoms with Gasteiger partial charge in [-0.15, -0.1) is 12.3 Å². The highest BCUT2D eigenvalue weighted by Crippen LogP contribution is 2.38. The van der Waals surface area contributed by atoms with E-state index in [1.54, 1.807) is 11.8 Å². The van der Waals surface area contributed by atoms with Crippen molar-refractivity contribution >= 4 is 28.6 Å². The van der Waals surface area contributed by atoms with Gasteiger partial charge in [0.1, 0.15) is 0 Å². The van der Waals surface area contributed by atoms with Crippen LogP contribution in [0.2, 0.25) is 0 Å². The van der Waals surface area contributed by atoms with Crippen LogP contribution in [0.4, 0.5) is 5.69 Å². The second kappa shape index (κ2) is 10.2. The molecule has 2 heteroatoms. The van der Waals surface area contributed by atoms with E-state index in [1.807, 2.05) is 17.5 Å². The molecule has 0 saturated heterocycles. The summed E-state index contributed by atoms with van der Waals surface area (Å²) in [7, 11) is 0. The number of hydrogen-bond acceptors (Lipinski definition) is 2. The van der Waals surface area contributed by atoms with Gasteiger partial charge in [-0.05, 0) is 89.8 Å². The topological polar surface area (TPSA) is 26.0 Å². The summed E-state index contributed by atoms with van der Waals surface area (Å²) in [5.74, 6) is 2.83. The van der Waals surface area contributed by atoms with Gasteiger partial charge in [0.05, 0.1) is 0 Å². The molecule has 0 fully saturated rings. The average molecular weight is 424 g/mol. The zero-order chi connectivity index (χ0) is 22.4. The Labute approximate surface area is 191 Å². The molecular weight excluding hydrogens is 394 g/mol. The van der Waals surface area contributed by atoms with Crippen LogP contribution in [-0.2, 0) is 0 Å². The first-order chi connectivity index (χ1) is 14.9. The Morgan fingerprint density at radius 2 is 1.68 bits per heavy atom. The van der Waals surface area contributed by atoms with Gasteiger partial charge in [-0.3, -0.25) is 0 Å². The molecule has 3 aromatic rings. The fourth-order valence-electron chi connectivity index (χ4n) is 3.85. The van der Waals surface area contributed by atoms with E-state index in [0.717, 1.165) is 17.7 Å². The molecule has 0 amide bonds. The van der Waals surface area contributed by atoms with Gasteiger partial charge in [-0.25, -0.2) is 0 Å². The molecule has 0 aliphatic carbocycles. The fraction of sp³-hybridized carbons (Fsp3) is 0.172. The third kappa shape index (κ3) is 5.32. The molecule has 3 aromatic carbocycles. The number of anilines is 1. The third-order valence-electron chi connectivity index (χ3n) is 5.41. The molecule has 156 valence electrons. The summed E-state index contributed by atoms with van der Waals surface area (Å²) in [4.78, 5) is 1.22. The Morgan fingerprint density at radius 3 is 2.29 bits per heavy atom. The van der Waals surface area contributed by atoms with Crippen LogP contribution in [-0.4, -0.2) is 0 Å². The first kappa shape index (κ1) is 22.5.